The average Bonchev–Trinajstić information content (AvgIpc) is 2.47. The normalized spacial score (nSPS) is 23.2. The minimum absolute atomic E-state index is 0.435. The number of anilines is 1. The molecule has 0 saturated heterocycles. The predicted molar refractivity (Wildman–Crippen MR) is 88.4 cm³/mol. The van der Waals surface area contributed by atoms with E-state index in [1.807, 2.05) is 30.5 Å². The van der Waals surface area contributed by atoms with E-state index >= 15 is 0 Å². The van der Waals surface area contributed by atoms with E-state index in [0.29, 0.717) is 11.5 Å². The molecule has 0 spiro atoms. The van der Waals surface area contributed by atoms with Crippen molar-refractivity contribution in [3.63, 3.8) is 0 Å². The molecular formula is C18H25N3. The molecule has 0 aliphatic heterocycles. The van der Waals surface area contributed by atoms with Crippen molar-refractivity contribution in [1.82, 2.24) is 9.97 Å². The number of benzene rings is 1. The van der Waals surface area contributed by atoms with E-state index in [1.54, 1.807) is 0 Å². The Hall–Kier alpha value is -1.64. The second kappa shape index (κ2) is 5.63. The maximum absolute atomic E-state index is 4.61. The molecule has 2 aromatic rings. The summed E-state index contributed by atoms with van der Waals surface area (Å²) >= 11 is 0. The van der Waals surface area contributed by atoms with Crippen LogP contribution in [0.3, 0.4) is 0 Å². The van der Waals surface area contributed by atoms with E-state index < -0.39 is 0 Å². The molecule has 0 radical (unpaired) electrons. The lowest BCUT2D eigenvalue weighted by molar-refractivity contribution is 0.173. The fraction of sp³-hybridized carbons (Fsp3) is 0.556. The van der Waals surface area contributed by atoms with Crippen LogP contribution >= 0.6 is 0 Å². The molecule has 0 atom stereocenters. The Bertz CT molecular complexity index is 607. The fourth-order valence-electron chi connectivity index (χ4n) is 3.33. The van der Waals surface area contributed by atoms with E-state index in [9.17, 15) is 0 Å². The Morgan fingerprint density at radius 2 is 1.76 bits per heavy atom. The first-order valence-electron chi connectivity index (χ1n) is 8.01. The third-order valence-corrected chi connectivity index (χ3v) is 4.77. The van der Waals surface area contributed by atoms with Crippen LogP contribution in [0.4, 0.5) is 5.95 Å². The number of hydrogen-bond donors (Lipinski definition) is 1. The van der Waals surface area contributed by atoms with E-state index in [4.69, 9.17) is 0 Å². The Morgan fingerprint density at radius 1 is 1.05 bits per heavy atom. The number of nitrogens with zero attached hydrogens (tertiary/aromatic N) is 2. The zero-order valence-electron chi connectivity index (χ0n) is 13.3. The van der Waals surface area contributed by atoms with Gasteiger partial charge in [0.15, 0.2) is 0 Å². The molecule has 0 unspecified atom stereocenters. The standard InChI is InChI=1S/C18H25N3/c1-18(2,3)14-8-10-15(11-9-14)20-17-19-12-13-6-4-5-7-16(13)21-17/h4-7,12,14-15H,8-11H2,1-3H3,(H,19,20,21)/t14-,15-. The van der Waals surface area contributed by atoms with Crippen molar-refractivity contribution in [3.05, 3.63) is 30.5 Å². The van der Waals surface area contributed by atoms with Gasteiger partial charge in [-0.2, -0.15) is 0 Å². The minimum atomic E-state index is 0.435. The molecule has 3 nitrogen and oxygen atoms in total. The van der Waals surface area contributed by atoms with Crippen LogP contribution in [0, 0.1) is 11.3 Å². The number of aromatic nitrogens is 2. The van der Waals surface area contributed by atoms with Crippen LogP contribution < -0.4 is 5.32 Å². The molecule has 21 heavy (non-hydrogen) atoms. The molecule has 0 amide bonds. The number of para-hydroxylation sites is 1. The topological polar surface area (TPSA) is 37.8 Å². The zero-order valence-corrected chi connectivity index (χ0v) is 13.3. The van der Waals surface area contributed by atoms with Crippen molar-refractivity contribution in [2.45, 2.75) is 52.5 Å². The first-order valence-corrected chi connectivity index (χ1v) is 8.01. The first kappa shape index (κ1) is 14.3. The lowest BCUT2D eigenvalue weighted by Crippen LogP contribution is -2.32. The van der Waals surface area contributed by atoms with Crippen molar-refractivity contribution < 1.29 is 0 Å². The van der Waals surface area contributed by atoms with Gasteiger partial charge in [-0.1, -0.05) is 39.0 Å². The van der Waals surface area contributed by atoms with Crippen LogP contribution in [0.2, 0.25) is 0 Å². The average molecular weight is 283 g/mol. The summed E-state index contributed by atoms with van der Waals surface area (Å²) < 4.78 is 0. The van der Waals surface area contributed by atoms with Crippen molar-refractivity contribution in [3.8, 4) is 0 Å². The van der Waals surface area contributed by atoms with Gasteiger partial charge >= 0.3 is 0 Å². The number of rotatable bonds is 2. The fourth-order valence-corrected chi connectivity index (χ4v) is 3.33. The second-order valence-corrected chi connectivity index (χ2v) is 7.31. The van der Waals surface area contributed by atoms with Crippen LogP contribution in [-0.4, -0.2) is 16.0 Å². The highest BCUT2D eigenvalue weighted by Gasteiger charge is 2.29. The summed E-state index contributed by atoms with van der Waals surface area (Å²) in [6.45, 7) is 7.08. The Balaban J connectivity index is 1.64. The van der Waals surface area contributed by atoms with Crippen LogP contribution in [-0.2, 0) is 0 Å². The second-order valence-electron chi connectivity index (χ2n) is 7.31. The molecule has 1 aromatic heterocycles. The molecule has 1 saturated carbocycles. The lowest BCUT2D eigenvalue weighted by Gasteiger charge is -2.37. The molecule has 1 N–H and O–H groups in total. The molecule has 3 rings (SSSR count). The van der Waals surface area contributed by atoms with Crippen LogP contribution in [0.25, 0.3) is 10.9 Å². The van der Waals surface area contributed by atoms with Crippen LogP contribution in [0.5, 0.6) is 0 Å². The van der Waals surface area contributed by atoms with Crippen molar-refractivity contribution in [2.75, 3.05) is 5.32 Å². The number of nitrogens with one attached hydrogen (secondary N) is 1. The first-order chi connectivity index (χ1) is 10.0. The molecule has 1 aliphatic rings. The van der Waals surface area contributed by atoms with Crippen molar-refractivity contribution in [2.24, 2.45) is 11.3 Å². The Morgan fingerprint density at radius 3 is 2.48 bits per heavy atom. The van der Waals surface area contributed by atoms with Crippen molar-refractivity contribution >= 4 is 16.9 Å². The molecule has 1 fully saturated rings. The molecule has 3 heteroatoms. The van der Waals surface area contributed by atoms with Gasteiger partial charge in [-0.05, 0) is 43.1 Å². The van der Waals surface area contributed by atoms with Gasteiger partial charge in [-0.15, -0.1) is 0 Å². The van der Waals surface area contributed by atoms with Gasteiger partial charge in [0.25, 0.3) is 0 Å². The summed E-state index contributed by atoms with van der Waals surface area (Å²) in [6.07, 6.45) is 6.95. The van der Waals surface area contributed by atoms with E-state index in [1.165, 1.54) is 25.7 Å². The highest BCUT2D eigenvalue weighted by Crippen LogP contribution is 2.38. The Kier molecular flexibility index (Phi) is 3.83. The number of hydrogen-bond acceptors (Lipinski definition) is 3. The van der Waals surface area contributed by atoms with Crippen LogP contribution in [0.15, 0.2) is 30.5 Å². The van der Waals surface area contributed by atoms with E-state index in [-0.39, 0.29) is 0 Å². The molecule has 1 aliphatic carbocycles. The highest BCUT2D eigenvalue weighted by atomic mass is 15.1. The minimum Gasteiger partial charge on any atom is -0.351 e. The molecular weight excluding hydrogens is 258 g/mol. The highest BCUT2D eigenvalue weighted by molar-refractivity contribution is 5.78. The van der Waals surface area contributed by atoms with Gasteiger partial charge in [0.1, 0.15) is 0 Å². The predicted octanol–water partition coefficient (Wildman–Crippen LogP) is 4.65. The summed E-state index contributed by atoms with van der Waals surface area (Å²) in [5.41, 5.74) is 1.45. The van der Waals surface area contributed by atoms with Crippen LogP contribution in [0.1, 0.15) is 46.5 Å². The smallest absolute Gasteiger partial charge is 0.223 e. The summed E-state index contributed by atoms with van der Waals surface area (Å²) in [4.78, 5) is 9.06. The molecule has 1 aromatic carbocycles. The largest absolute Gasteiger partial charge is 0.351 e. The quantitative estimate of drug-likeness (QED) is 0.872. The SMILES string of the molecule is CC(C)(C)[C@H]1CC[C@H](Nc2ncc3ccccc3n2)CC1. The lowest BCUT2D eigenvalue weighted by atomic mass is 9.71. The molecule has 112 valence electrons. The van der Waals surface area contributed by atoms with Gasteiger partial charge in [0.05, 0.1) is 5.52 Å². The summed E-state index contributed by atoms with van der Waals surface area (Å²) in [5.74, 6) is 1.61. The number of fused-ring (bicyclic) bond motifs is 1. The molecule has 1 heterocycles. The van der Waals surface area contributed by atoms with Gasteiger partial charge < -0.3 is 5.32 Å². The van der Waals surface area contributed by atoms with E-state index in [0.717, 1.165) is 22.8 Å². The third kappa shape index (κ3) is 3.34. The summed E-state index contributed by atoms with van der Waals surface area (Å²) in [7, 11) is 0. The zero-order chi connectivity index (χ0) is 14.9. The Labute approximate surface area is 127 Å². The van der Waals surface area contributed by atoms with Crippen molar-refractivity contribution in [1.29, 1.82) is 0 Å². The summed E-state index contributed by atoms with van der Waals surface area (Å²) in [5, 5.41) is 4.62. The third-order valence-electron chi connectivity index (χ3n) is 4.77. The van der Waals surface area contributed by atoms with Gasteiger partial charge in [-0.3, -0.25) is 0 Å². The van der Waals surface area contributed by atoms with Gasteiger partial charge in [0, 0.05) is 17.6 Å². The molecule has 0 bridgehead atoms. The van der Waals surface area contributed by atoms with E-state index in [2.05, 4.69) is 36.1 Å². The maximum atomic E-state index is 4.61. The maximum Gasteiger partial charge on any atom is 0.223 e. The summed E-state index contributed by atoms with van der Waals surface area (Å²) in [6, 6.07) is 8.65. The van der Waals surface area contributed by atoms with Gasteiger partial charge in [-0.25, -0.2) is 9.97 Å². The van der Waals surface area contributed by atoms with Gasteiger partial charge in [0.2, 0.25) is 5.95 Å². The monoisotopic (exact) mass is 283 g/mol.